The topological polar surface area (TPSA) is 123 Å². The van der Waals surface area contributed by atoms with Crippen LogP contribution >= 0.6 is 0 Å². The highest BCUT2D eigenvalue weighted by Gasteiger charge is 2.48. The largest absolute Gasteiger partial charge is 0.360 e. The fraction of sp³-hybridized carbons (Fsp3) is 0.400. The molecule has 1 unspecified atom stereocenters. The predicted molar refractivity (Wildman–Crippen MR) is 131 cm³/mol. The lowest BCUT2D eigenvalue weighted by atomic mass is 9.79. The average Bonchev–Trinajstić information content (AvgIpc) is 3.44. The van der Waals surface area contributed by atoms with Crippen LogP contribution in [0.3, 0.4) is 0 Å². The lowest BCUT2D eigenvalue weighted by molar-refractivity contribution is 0.0115. The highest BCUT2D eigenvalue weighted by Crippen LogP contribution is 2.42. The van der Waals surface area contributed by atoms with E-state index in [1.54, 1.807) is 25.4 Å². The Morgan fingerprint density at radius 1 is 1.35 bits per heavy atom. The number of nitrogens with zero attached hydrogens (tertiary/aromatic N) is 4. The molecule has 1 saturated heterocycles. The summed E-state index contributed by atoms with van der Waals surface area (Å²) in [5, 5.41) is 15.4. The highest BCUT2D eigenvalue weighted by molar-refractivity contribution is 6.05. The van der Waals surface area contributed by atoms with E-state index in [0.717, 1.165) is 24.1 Å². The number of rotatable bonds is 4. The molecule has 9 nitrogen and oxygen atoms in total. The van der Waals surface area contributed by atoms with Crippen molar-refractivity contribution in [1.29, 1.82) is 5.41 Å². The number of aryl methyl sites for hydroxylation is 2. The number of nitrogens with one attached hydrogen (secondary N) is 3. The van der Waals surface area contributed by atoms with Crippen LogP contribution in [0.1, 0.15) is 62.1 Å². The minimum atomic E-state index is -0.719. The van der Waals surface area contributed by atoms with E-state index in [-0.39, 0.29) is 17.9 Å². The summed E-state index contributed by atoms with van der Waals surface area (Å²) in [4.78, 5) is 27.1. The number of piperidine rings is 1. The molecule has 3 N–H and O–H groups in total. The molecule has 0 radical (unpaired) electrons. The number of amides is 2. The van der Waals surface area contributed by atoms with E-state index in [4.69, 9.17) is 9.93 Å². The van der Waals surface area contributed by atoms with Gasteiger partial charge in [-0.25, -0.2) is 9.79 Å². The maximum absolute atomic E-state index is 13.6. The van der Waals surface area contributed by atoms with Crippen molar-refractivity contribution in [3.8, 4) is 0 Å². The number of benzene rings is 1. The van der Waals surface area contributed by atoms with Crippen LogP contribution in [0.4, 0.5) is 10.5 Å². The molecule has 9 heteroatoms. The summed E-state index contributed by atoms with van der Waals surface area (Å²) in [6.45, 7) is 9.90. The van der Waals surface area contributed by atoms with Gasteiger partial charge in [0.15, 0.2) is 11.7 Å². The molecule has 0 aliphatic carbocycles. The predicted octanol–water partition coefficient (Wildman–Crippen LogP) is 5.03. The Morgan fingerprint density at radius 3 is 2.82 bits per heavy atom. The summed E-state index contributed by atoms with van der Waals surface area (Å²) in [5.41, 5.74) is 2.24. The van der Waals surface area contributed by atoms with Gasteiger partial charge >= 0.3 is 6.03 Å². The molecule has 2 aromatic heterocycles. The molecule has 0 saturated carbocycles. The third-order valence-corrected chi connectivity index (χ3v) is 6.37. The van der Waals surface area contributed by atoms with Gasteiger partial charge in [0.25, 0.3) is 5.89 Å². The number of H-pyrrole nitrogens is 1. The van der Waals surface area contributed by atoms with Crippen LogP contribution in [-0.2, 0) is 5.54 Å². The zero-order valence-electron chi connectivity index (χ0n) is 20.2. The third-order valence-electron chi connectivity index (χ3n) is 6.37. The van der Waals surface area contributed by atoms with E-state index in [2.05, 4.69) is 32.4 Å². The second kappa shape index (κ2) is 9.24. The van der Waals surface area contributed by atoms with Crippen molar-refractivity contribution in [2.45, 2.75) is 59.0 Å². The number of hydrogen-bond donors (Lipinski definition) is 3. The molecule has 1 fully saturated rings. The zero-order valence-corrected chi connectivity index (χ0v) is 20.2. The van der Waals surface area contributed by atoms with Gasteiger partial charge in [-0.15, -0.1) is 0 Å². The molecule has 4 rings (SSSR count). The second-order valence-corrected chi connectivity index (χ2v) is 9.38. The van der Waals surface area contributed by atoms with Crippen LogP contribution in [0, 0.1) is 25.2 Å². The van der Waals surface area contributed by atoms with Crippen molar-refractivity contribution in [2.75, 3.05) is 5.32 Å². The van der Waals surface area contributed by atoms with Gasteiger partial charge < -0.3 is 19.7 Å². The van der Waals surface area contributed by atoms with Crippen molar-refractivity contribution >= 4 is 23.8 Å². The fourth-order valence-electron chi connectivity index (χ4n) is 4.93. The van der Waals surface area contributed by atoms with Gasteiger partial charge in [-0.1, -0.05) is 18.1 Å². The Labute approximate surface area is 199 Å². The van der Waals surface area contributed by atoms with Crippen molar-refractivity contribution in [1.82, 2.24) is 20.0 Å². The lowest BCUT2D eigenvalue weighted by Gasteiger charge is -2.48. The van der Waals surface area contributed by atoms with Gasteiger partial charge in [-0.3, -0.25) is 5.41 Å². The maximum Gasteiger partial charge on any atom is 0.322 e. The van der Waals surface area contributed by atoms with Gasteiger partial charge in [0, 0.05) is 23.5 Å². The number of hydrogen-bond acceptors (Lipinski definition) is 5. The molecule has 0 bridgehead atoms. The summed E-state index contributed by atoms with van der Waals surface area (Å²) in [5.74, 6) is 1.52. The van der Waals surface area contributed by atoms with Gasteiger partial charge in [0.1, 0.15) is 5.54 Å². The Kier molecular flexibility index (Phi) is 6.37. The molecule has 1 aliphatic rings. The SMILES string of the molecule is Cc1noc([C@]2(C)C[C@H](C)CC(C)N2C(=O)Nc2ccc(C)c(C(=N)N=Cc3ccc[nH]3)c2)n1. The number of likely N-dealkylation sites (tertiary alicyclic amines) is 1. The third kappa shape index (κ3) is 4.64. The number of urea groups is 1. The van der Waals surface area contributed by atoms with E-state index in [1.165, 1.54) is 0 Å². The van der Waals surface area contributed by atoms with Crippen molar-refractivity contribution < 1.29 is 9.32 Å². The zero-order chi connectivity index (χ0) is 24.5. The molecule has 3 heterocycles. The number of carbonyl (C=O) groups excluding carboxylic acids is 1. The fourth-order valence-corrected chi connectivity index (χ4v) is 4.93. The van der Waals surface area contributed by atoms with Crippen molar-refractivity contribution in [3.05, 3.63) is 65.1 Å². The first kappa shape index (κ1) is 23.4. The van der Waals surface area contributed by atoms with Crippen molar-refractivity contribution in [2.24, 2.45) is 10.9 Å². The second-order valence-electron chi connectivity index (χ2n) is 9.38. The van der Waals surface area contributed by atoms with Crippen LogP contribution in [0.15, 0.2) is 46.0 Å². The summed E-state index contributed by atoms with van der Waals surface area (Å²) in [6.07, 6.45) is 5.02. The minimum absolute atomic E-state index is 0.0189. The van der Waals surface area contributed by atoms with Gasteiger partial charge in [-0.2, -0.15) is 4.98 Å². The standard InChI is InChI=1S/C25H31N7O2/c1-15-11-17(3)32(25(5,13-15)23-29-18(4)31-34-23)24(33)30-19-9-8-16(2)21(12-19)22(26)28-14-20-7-6-10-27-20/h6-10,12,14-15,17,26-27H,11,13H2,1-5H3,(H,30,33)/t15-,17?,25+/m1/s1. The lowest BCUT2D eigenvalue weighted by Crippen LogP contribution is -2.57. The van der Waals surface area contributed by atoms with E-state index in [9.17, 15) is 4.79 Å². The smallest absolute Gasteiger partial charge is 0.322 e. The Morgan fingerprint density at radius 2 is 2.15 bits per heavy atom. The Balaban J connectivity index is 1.58. The van der Waals surface area contributed by atoms with Crippen LogP contribution < -0.4 is 5.32 Å². The van der Waals surface area contributed by atoms with Crippen LogP contribution in [-0.4, -0.2) is 44.1 Å². The number of anilines is 1. The Hall–Kier alpha value is -3.75. The molecule has 0 spiro atoms. The number of aromatic amines is 1. The van der Waals surface area contributed by atoms with Gasteiger partial charge in [-0.05, 0) is 76.3 Å². The number of aliphatic imine (C=N–C) groups is 1. The first-order valence-electron chi connectivity index (χ1n) is 11.5. The van der Waals surface area contributed by atoms with Crippen molar-refractivity contribution in [3.63, 3.8) is 0 Å². The van der Waals surface area contributed by atoms with E-state index in [0.29, 0.717) is 28.9 Å². The number of carbonyl (C=O) groups is 1. The quantitative estimate of drug-likeness (QED) is 0.372. The monoisotopic (exact) mass is 461 g/mol. The average molecular weight is 462 g/mol. The normalized spacial score (nSPS) is 22.8. The van der Waals surface area contributed by atoms with Gasteiger partial charge in [0.2, 0.25) is 0 Å². The molecule has 34 heavy (non-hydrogen) atoms. The van der Waals surface area contributed by atoms with Crippen LogP contribution in [0.5, 0.6) is 0 Å². The summed E-state index contributed by atoms with van der Waals surface area (Å²) in [6, 6.07) is 8.99. The first-order valence-corrected chi connectivity index (χ1v) is 11.5. The molecule has 3 aromatic rings. The number of amidine groups is 1. The first-order chi connectivity index (χ1) is 16.2. The summed E-state index contributed by atoms with van der Waals surface area (Å²) >= 11 is 0. The molecule has 1 aromatic carbocycles. The van der Waals surface area contributed by atoms with E-state index in [1.807, 2.05) is 49.9 Å². The highest BCUT2D eigenvalue weighted by atomic mass is 16.5. The Bertz CT molecular complexity index is 1210. The van der Waals surface area contributed by atoms with Crippen LogP contribution in [0.25, 0.3) is 0 Å². The molecule has 178 valence electrons. The van der Waals surface area contributed by atoms with E-state index >= 15 is 0 Å². The molecular formula is C25H31N7O2. The summed E-state index contributed by atoms with van der Waals surface area (Å²) in [7, 11) is 0. The maximum atomic E-state index is 13.6. The molecule has 3 atom stereocenters. The van der Waals surface area contributed by atoms with E-state index < -0.39 is 5.54 Å². The van der Waals surface area contributed by atoms with Crippen LogP contribution in [0.2, 0.25) is 0 Å². The summed E-state index contributed by atoms with van der Waals surface area (Å²) < 4.78 is 5.53. The minimum Gasteiger partial charge on any atom is -0.360 e. The molecule has 1 aliphatic heterocycles. The molecular weight excluding hydrogens is 430 g/mol. The van der Waals surface area contributed by atoms with Gasteiger partial charge in [0.05, 0.1) is 11.9 Å². The number of aromatic nitrogens is 3. The molecule has 2 amide bonds.